The average molecular weight is 363 g/mol. The summed E-state index contributed by atoms with van der Waals surface area (Å²) in [4.78, 5) is 28.0. The third-order valence-electron chi connectivity index (χ3n) is 4.61. The third kappa shape index (κ3) is 6.83. The van der Waals surface area contributed by atoms with Gasteiger partial charge in [0.05, 0.1) is 13.2 Å². The maximum Gasteiger partial charge on any atom is 0.317 e. The highest BCUT2D eigenvalue weighted by molar-refractivity contribution is 5.85. The average Bonchev–Trinajstić information content (AvgIpc) is 2.59. The largest absolute Gasteiger partial charge is 0.383 e. The van der Waals surface area contributed by atoms with Crippen molar-refractivity contribution in [2.45, 2.75) is 38.1 Å². The molecule has 8 heteroatoms. The molecule has 0 atom stereocenters. The van der Waals surface area contributed by atoms with Crippen molar-refractivity contribution in [3.8, 4) is 0 Å². The molecule has 2 fully saturated rings. The zero-order chi connectivity index (χ0) is 16.5. The van der Waals surface area contributed by atoms with Gasteiger partial charge in [-0.1, -0.05) is 19.3 Å². The third-order valence-corrected chi connectivity index (χ3v) is 4.61. The molecule has 24 heavy (non-hydrogen) atoms. The first kappa shape index (κ1) is 21.0. The van der Waals surface area contributed by atoms with E-state index >= 15 is 0 Å². The molecule has 0 bridgehead atoms. The smallest absolute Gasteiger partial charge is 0.317 e. The summed E-state index contributed by atoms with van der Waals surface area (Å²) in [6.07, 6.45) is 5.90. The Balaban J connectivity index is 0.00000288. The van der Waals surface area contributed by atoms with Crippen molar-refractivity contribution >= 4 is 24.3 Å². The summed E-state index contributed by atoms with van der Waals surface area (Å²) in [5.41, 5.74) is 0. The van der Waals surface area contributed by atoms with Crippen LogP contribution in [0.5, 0.6) is 0 Å². The van der Waals surface area contributed by atoms with E-state index in [0.717, 1.165) is 12.8 Å². The van der Waals surface area contributed by atoms with Crippen molar-refractivity contribution in [1.82, 2.24) is 20.4 Å². The van der Waals surface area contributed by atoms with Crippen molar-refractivity contribution in [1.29, 1.82) is 0 Å². The van der Waals surface area contributed by atoms with E-state index in [-0.39, 0.29) is 24.3 Å². The zero-order valence-corrected chi connectivity index (χ0v) is 15.4. The SMILES string of the molecule is COCCNCC(=O)N1CCN(C(=O)NC2CCCCC2)CC1.Cl. The van der Waals surface area contributed by atoms with Crippen LogP contribution in [0, 0.1) is 0 Å². The highest BCUT2D eigenvalue weighted by atomic mass is 35.5. The van der Waals surface area contributed by atoms with Crippen LogP contribution in [0.2, 0.25) is 0 Å². The van der Waals surface area contributed by atoms with Gasteiger partial charge >= 0.3 is 6.03 Å². The van der Waals surface area contributed by atoms with Crippen molar-refractivity contribution in [2.24, 2.45) is 0 Å². The van der Waals surface area contributed by atoms with Crippen LogP contribution in [0.3, 0.4) is 0 Å². The summed E-state index contributed by atoms with van der Waals surface area (Å²) in [5.74, 6) is 0.0911. The van der Waals surface area contributed by atoms with E-state index in [4.69, 9.17) is 4.74 Å². The van der Waals surface area contributed by atoms with Crippen molar-refractivity contribution < 1.29 is 14.3 Å². The minimum absolute atomic E-state index is 0. The lowest BCUT2D eigenvalue weighted by Crippen LogP contribution is -2.55. The summed E-state index contributed by atoms with van der Waals surface area (Å²) in [5, 5.41) is 6.20. The van der Waals surface area contributed by atoms with E-state index in [1.807, 2.05) is 9.80 Å². The molecule has 1 saturated heterocycles. The molecular weight excluding hydrogens is 332 g/mol. The Morgan fingerprint density at radius 1 is 1.04 bits per heavy atom. The number of nitrogens with zero attached hydrogens (tertiary/aromatic N) is 2. The second kappa shape index (κ2) is 11.5. The van der Waals surface area contributed by atoms with Gasteiger partial charge < -0.3 is 25.2 Å². The molecule has 1 heterocycles. The first-order valence-corrected chi connectivity index (χ1v) is 8.73. The van der Waals surface area contributed by atoms with E-state index in [1.165, 1.54) is 19.3 Å². The number of methoxy groups -OCH3 is 1. The number of urea groups is 1. The van der Waals surface area contributed by atoms with Gasteiger partial charge in [0.1, 0.15) is 0 Å². The molecule has 1 aliphatic heterocycles. The monoisotopic (exact) mass is 362 g/mol. The lowest BCUT2D eigenvalue weighted by Gasteiger charge is -2.36. The van der Waals surface area contributed by atoms with Gasteiger partial charge in [-0.05, 0) is 12.8 Å². The van der Waals surface area contributed by atoms with Gasteiger partial charge in [0.25, 0.3) is 0 Å². The van der Waals surface area contributed by atoms with Gasteiger partial charge in [0.2, 0.25) is 5.91 Å². The maximum atomic E-state index is 12.3. The van der Waals surface area contributed by atoms with Gasteiger partial charge in [-0.25, -0.2) is 4.79 Å². The molecular formula is C16H31ClN4O3. The van der Waals surface area contributed by atoms with Gasteiger partial charge in [0.15, 0.2) is 0 Å². The number of amides is 3. The number of carbonyl (C=O) groups is 2. The predicted octanol–water partition coefficient (Wildman–Crippen LogP) is 0.831. The second-order valence-electron chi connectivity index (χ2n) is 6.32. The molecule has 7 nitrogen and oxygen atoms in total. The Morgan fingerprint density at radius 2 is 1.67 bits per heavy atom. The highest BCUT2D eigenvalue weighted by Gasteiger charge is 2.25. The summed E-state index contributed by atoms with van der Waals surface area (Å²) in [7, 11) is 1.64. The number of rotatable bonds is 6. The minimum atomic E-state index is 0. The lowest BCUT2D eigenvalue weighted by molar-refractivity contribution is -0.131. The van der Waals surface area contributed by atoms with Crippen LogP contribution in [0.25, 0.3) is 0 Å². The van der Waals surface area contributed by atoms with E-state index in [1.54, 1.807) is 7.11 Å². The molecule has 140 valence electrons. The fourth-order valence-electron chi connectivity index (χ4n) is 3.15. The molecule has 0 aromatic carbocycles. The van der Waals surface area contributed by atoms with E-state index < -0.39 is 0 Å². The van der Waals surface area contributed by atoms with Crippen molar-refractivity contribution in [3.63, 3.8) is 0 Å². The van der Waals surface area contributed by atoms with Crippen molar-refractivity contribution in [2.75, 3.05) is 53.0 Å². The highest BCUT2D eigenvalue weighted by Crippen LogP contribution is 2.17. The first-order chi connectivity index (χ1) is 11.2. The van der Waals surface area contributed by atoms with Crippen LogP contribution >= 0.6 is 12.4 Å². The molecule has 1 aliphatic carbocycles. The van der Waals surface area contributed by atoms with E-state index in [0.29, 0.717) is 51.9 Å². The van der Waals surface area contributed by atoms with Crippen LogP contribution in [-0.4, -0.2) is 80.8 Å². The Bertz CT molecular complexity index is 384. The summed E-state index contributed by atoms with van der Waals surface area (Å²) in [6, 6.07) is 0.364. The first-order valence-electron chi connectivity index (χ1n) is 8.73. The lowest BCUT2D eigenvalue weighted by atomic mass is 9.96. The fourth-order valence-corrected chi connectivity index (χ4v) is 3.15. The summed E-state index contributed by atoms with van der Waals surface area (Å²) < 4.78 is 4.93. The number of halogens is 1. The standard InChI is InChI=1S/C16H30N4O3.ClH/c1-23-12-7-17-13-15(21)19-8-10-20(11-9-19)16(22)18-14-5-3-2-4-6-14;/h14,17H,2-13H2,1H3,(H,18,22);1H. The number of piperazine rings is 1. The molecule has 0 aromatic heterocycles. The van der Waals surface area contributed by atoms with Crippen molar-refractivity contribution in [3.05, 3.63) is 0 Å². The van der Waals surface area contributed by atoms with Gasteiger partial charge in [-0.3, -0.25) is 4.79 Å². The Labute approximate surface area is 150 Å². The van der Waals surface area contributed by atoms with Crippen LogP contribution < -0.4 is 10.6 Å². The Morgan fingerprint density at radius 3 is 2.29 bits per heavy atom. The molecule has 0 spiro atoms. The topological polar surface area (TPSA) is 73.9 Å². The summed E-state index contributed by atoms with van der Waals surface area (Å²) in [6.45, 7) is 4.06. The number of hydrogen-bond donors (Lipinski definition) is 2. The molecule has 2 aliphatic rings. The van der Waals surface area contributed by atoms with E-state index in [2.05, 4.69) is 10.6 Å². The fraction of sp³-hybridized carbons (Fsp3) is 0.875. The number of ether oxygens (including phenoxy) is 1. The second-order valence-corrected chi connectivity index (χ2v) is 6.32. The van der Waals surface area contributed by atoms with Crippen LogP contribution in [0.15, 0.2) is 0 Å². The Hall–Kier alpha value is -1.05. The van der Waals surface area contributed by atoms with Gasteiger partial charge in [0, 0.05) is 45.9 Å². The van der Waals surface area contributed by atoms with Crippen LogP contribution in [0.1, 0.15) is 32.1 Å². The molecule has 0 aromatic rings. The zero-order valence-electron chi connectivity index (χ0n) is 14.6. The van der Waals surface area contributed by atoms with Gasteiger partial charge in [-0.2, -0.15) is 0 Å². The molecule has 1 saturated carbocycles. The molecule has 2 rings (SSSR count). The quantitative estimate of drug-likeness (QED) is 0.686. The molecule has 2 N–H and O–H groups in total. The molecule has 0 unspecified atom stereocenters. The number of nitrogens with one attached hydrogen (secondary N) is 2. The van der Waals surface area contributed by atoms with E-state index in [9.17, 15) is 9.59 Å². The number of hydrogen-bond acceptors (Lipinski definition) is 4. The van der Waals surface area contributed by atoms with Crippen LogP contribution in [-0.2, 0) is 9.53 Å². The molecule has 0 radical (unpaired) electrons. The minimum Gasteiger partial charge on any atom is -0.383 e. The Kier molecular flexibility index (Phi) is 10.1. The van der Waals surface area contributed by atoms with Gasteiger partial charge in [-0.15, -0.1) is 12.4 Å². The maximum absolute atomic E-state index is 12.3. The molecule has 3 amide bonds. The van der Waals surface area contributed by atoms with Crippen LogP contribution in [0.4, 0.5) is 4.79 Å². The summed E-state index contributed by atoms with van der Waals surface area (Å²) >= 11 is 0. The normalized spacial score (nSPS) is 18.9. The number of carbonyl (C=O) groups excluding carboxylic acids is 2. The predicted molar refractivity (Wildman–Crippen MR) is 95.6 cm³/mol.